The van der Waals surface area contributed by atoms with E-state index in [0.29, 0.717) is 0 Å². The largest absolute Gasteiger partial charge is 0.497 e. The molecule has 1 aliphatic heterocycles. The van der Waals surface area contributed by atoms with Gasteiger partial charge in [0.2, 0.25) is 0 Å². The van der Waals surface area contributed by atoms with E-state index in [1.54, 1.807) is 7.11 Å². The van der Waals surface area contributed by atoms with Crippen molar-refractivity contribution in [3.63, 3.8) is 0 Å². The summed E-state index contributed by atoms with van der Waals surface area (Å²) in [4.78, 5) is 0. The lowest BCUT2D eigenvalue weighted by molar-refractivity contribution is 0.236. The highest BCUT2D eigenvalue weighted by molar-refractivity contribution is 5.53. The van der Waals surface area contributed by atoms with Gasteiger partial charge in [-0.25, -0.2) is 0 Å². The first-order valence-corrected chi connectivity index (χ1v) is 7.00. The SMILES string of the molecule is COc1cccc(C2Cc3c(C)cc(C)c(C)c3O2)c1. The zero-order valence-corrected chi connectivity index (χ0v) is 12.5. The molecule has 2 aromatic carbocycles. The Morgan fingerprint density at radius 2 is 1.90 bits per heavy atom. The van der Waals surface area contributed by atoms with Gasteiger partial charge < -0.3 is 9.47 Å². The van der Waals surface area contributed by atoms with Gasteiger partial charge in [-0.2, -0.15) is 0 Å². The maximum absolute atomic E-state index is 6.23. The van der Waals surface area contributed by atoms with Gasteiger partial charge in [0.15, 0.2) is 0 Å². The number of ether oxygens (including phenoxy) is 2. The van der Waals surface area contributed by atoms with Gasteiger partial charge in [-0.05, 0) is 55.2 Å². The number of hydrogen-bond acceptors (Lipinski definition) is 2. The van der Waals surface area contributed by atoms with Crippen LogP contribution in [0.15, 0.2) is 30.3 Å². The molecular formula is C18H20O2. The summed E-state index contributed by atoms with van der Waals surface area (Å²) < 4.78 is 11.5. The number of hydrogen-bond donors (Lipinski definition) is 0. The summed E-state index contributed by atoms with van der Waals surface area (Å²) in [5.41, 5.74) is 6.41. The van der Waals surface area contributed by atoms with E-state index in [-0.39, 0.29) is 6.10 Å². The van der Waals surface area contributed by atoms with E-state index in [0.717, 1.165) is 17.9 Å². The molecule has 1 unspecified atom stereocenters. The summed E-state index contributed by atoms with van der Waals surface area (Å²) in [7, 11) is 1.70. The molecule has 104 valence electrons. The molecule has 0 saturated carbocycles. The van der Waals surface area contributed by atoms with Gasteiger partial charge in [0.05, 0.1) is 7.11 Å². The van der Waals surface area contributed by atoms with Crippen molar-refractivity contribution in [3.05, 3.63) is 58.1 Å². The molecule has 3 rings (SSSR count). The average Bonchev–Trinajstić information content (AvgIpc) is 2.91. The minimum atomic E-state index is 0.0966. The highest BCUT2D eigenvalue weighted by atomic mass is 16.5. The molecule has 20 heavy (non-hydrogen) atoms. The summed E-state index contributed by atoms with van der Waals surface area (Å²) in [6, 6.07) is 10.4. The Balaban J connectivity index is 1.98. The van der Waals surface area contributed by atoms with Crippen LogP contribution in [0.25, 0.3) is 0 Å². The van der Waals surface area contributed by atoms with Gasteiger partial charge in [-0.3, -0.25) is 0 Å². The van der Waals surface area contributed by atoms with Crippen molar-refractivity contribution >= 4 is 0 Å². The smallest absolute Gasteiger partial charge is 0.128 e. The van der Waals surface area contributed by atoms with Crippen LogP contribution in [0.4, 0.5) is 0 Å². The van der Waals surface area contributed by atoms with Gasteiger partial charge in [0.1, 0.15) is 17.6 Å². The number of fused-ring (bicyclic) bond motifs is 1. The molecule has 0 saturated heterocycles. The van der Waals surface area contributed by atoms with Gasteiger partial charge in [0, 0.05) is 12.0 Å². The molecule has 0 fully saturated rings. The van der Waals surface area contributed by atoms with Gasteiger partial charge in [-0.15, -0.1) is 0 Å². The zero-order valence-electron chi connectivity index (χ0n) is 12.5. The second-order valence-electron chi connectivity index (χ2n) is 5.53. The number of rotatable bonds is 2. The number of methoxy groups -OCH3 is 1. The lowest BCUT2D eigenvalue weighted by atomic mass is 9.96. The van der Waals surface area contributed by atoms with Crippen molar-refractivity contribution in [2.24, 2.45) is 0 Å². The fraction of sp³-hybridized carbons (Fsp3) is 0.333. The molecule has 2 aromatic rings. The summed E-state index contributed by atoms with van der Waals surface area (Å²) in [5.74, 6) is 1.96. The predicted octanol–water partition coefficient (Wildman–Crippen LogP) is 4.30. The average molecular weight is 268 g/mol. The van der Waals surface area contributed by atoms with E-state index in [4.69, 9.17) is 9.47 Å². The van der Waals surface area contributed by atoms with Gasteiger partial charge in [0.25, 0.3) is 0 Å². The van der Waals surface area contributed by atoms with Gasteiger partial charge >= 0.3 is 0 Å². The predicted molar refractivity (Wildman–Crippen MR) is 80.7 cm³/mol. The third-order valence-electron chi connectivity index (χ3n) is 4.23. The van der Waals surface area contributed by atoms with Crippen molar-refractivity contribution in [3.8, 4) is 11.5 Å². The third kappa shape index (κ3) is 2.05. The van der Waals surface area contributed by atoms with E-state index in [1.807, 2.05) is 12.1 Å². The van der Waals surface area contributed by atoms with E-state index in [9.17, 15) is 0 Å². The van der Waals surface area contributed by atoms with Crippen LogP contribution in [-0.2, 0) is 6.42 Å². The topological polar surface area (TPSA) is 18.5 Å². The van der Waals surface area contributed by atoms with Crippen LogP contribution in [0.5, 0.6) is 11.5 Å². The normalized spacial score (nSPS) is 16.7. The molecule has 0 aromatic heterocycles. The Bertz CT molecular complexity index is 659. The second kappa shape index (κ2) is 4.86. The Morgan fingerprint density at radius 1 is 1.10 bits per heavy atom. The number of aryl methyl sites for hydroxylation is 2. The summed E-state index contributed by atoms with van der Waals surface area (Å²) >= 11 is 0. The minimum absolute atomic E-state index is 0.0966. The standard InChI is InChI=1S/C18H20O2/c1-11-8-12(2)16-10-17(20-18(16)13(11)3)14-6-5-7-15(9-14)19-4/h5-9,17H,10H2,1-4H3. The Hall–Kier alpha value is -1.96. The highest BCUT2D eigenvalue weighted by Gasteiger charge is 2.28. The van der Waals surface area contributed by atoms with Gasteiger partial charge in [-0.1, -0.05) is 18.2 Å². The molecular weight excluding hydrogens is 248 g/mol. The molecule has 2 nitrogen and oxygen atoms in total. The van der Waals surface area contributed by atoms with E-state index < -0.39 is 0 Å². The van der Waals surface area contributed by atoms with Crippen LogP contribution in [0.1, 0.15) is 33.9 Å². The van der Waals surface area contributed by atoms with Crippen molar-refractivity contribution in [2.75, 3.05) is 7.11 Å². The first-order chi connectivity index (χ1) is 9.60. The Kier molecular flexibility index (Phi) is 3.17. The lowest BCUT2D eigenvalue weighted by Crippen LogP contribution is -2.03. The van der Waals surface area contributed by atoms with E-state index in [1.165, 1.54) is 27.8 Å². The molecule has 1 aliphatic rings. The summed E-state index contributed by atoms with van der Waals surface area (Å²) in [6.07, 6.45) is 1.04. The van der Waals surface area contributed by atoms with Crippen LogP contribution in [0.2, 0.25) is 0 Å². The fourth-order valence-corrected chi connectivity index (χ4v) is 2.91. The molecule has 0 spiro atoms. The van der Waals surface area contributed by atoms with Crippen molar-refractivity contribution < 1.29 is 9.47 Å². The molecule has 0 aliphatic carbocycles. The van der Waals surface area contributed by atoms with Crippen LogP contribution in [0, 0.1) is 20.8 Å². The van der Waals surface area contributed by atoms with Crippen LogP contribution in [0.3, 0.4) is 0 Å². The maximum Gasteiger partial charge on any atom is 0.128 e. The summed E-state index contributed by atoms with van der Waals surface area (Å²) in [5, 5.41) is 0. The first-order valence-electron chi connectivity index (χ1n) is 7.00. The van der Waals surface area contributed by atoms with Crippen LogP contribution >= 0.6 is 0 Å². The lowest BCUT2D eigenvalue weighted by Gasteiger charge is -2.13. The maximum atomic E-state index is 6.23. The zero-order chi connectivity index (χ0) is 14.3. The van der Waals surface area contributed by atoms with Crippen molar-refractivity contribution in [1.29, 1.82) is 0 Å². The minimum Gasteiger partial charge on any atom is -0.497 e. The summed E-state index contributed by atoms with van der Waals surface area (Å²) in [6.45, 7) is 6.45. The molecule has 0 amide bonds. The molecule has 2 heteroatoms. The second-order valence-corrected chi connectivity index (χ2v) is 5.53. The molecule has 0 bridgehead atoms. The first kappa shape index (κ1) is 13.0. The van der Waals surface area contributed by atoms with Crippen molar-refractivity contribution in [2.45, 2.75) is 33.3 Å². The quantitative estimate of drug-likeness (QED) is 0.808. The highest BCUT2D eigenvalue weighted by Crippen LogP contribution is 2.42. The number of benzene rings is 2. The molecule has 1 heterocycles. The van der Waals surface area contributed by atoms with E-state index in [2.05, 4.69) is 39.0 Å². The Labute approximate surface area is 120 Å². The van der Waals surface area contributed by atoms with Crippen LogP contribution in [-0.4, -0.2) is 7.11 Å². The molecule has 0 N–H and O–H groups in total. The van der Waals surface area contributed by atoms with E-state index >= 15 is 0 Å². The third-order valence-corrected chi connectivity index (χ3v) is 4.23. The fourth-order valence-electron chi connectivity index (χ4n) is 2.91. The van der Waals surface area contributed by atoms with Crippen LogP contribution < -0.4 is 9.47 Å². The molecule has 0 radical (unpaired) electrons. The van der Waals surface area contributed by atoms with Crippen molar-refractivity contribution in [1.82, 2.24) is 0 Å². The Morgan fingerprint density at radius 3 is 2.65 bits per heavy atom. The molecule has 1 atom stereocenters. The monoisotopic (exact) mass is 268 g/mol.